The van der Waals surface area contributed by atoms with Gasteiger partial charge in [0.1, 0.15) is 0 Å². The summed E-state index contributed by atoms with van der Waals surface area (Å²) < 4.78 is 0.890. The van der Waals surface area contributed by atoms with E-state index in [9.17, 15) is 4.79 Å². The molecule has 0 unspecified atom stereocenters. The number of amides is 1. The molecule has 0 saturated heterocycles. The van der Waals surface area contributed by atoms with Crippen molar-refractivity contribution in [3.05, 3.63) is 44.2 Å². The zero-order chi connectivity index (χ0) is 13.4. The van der Waals surface area contributed by atoms with Crippen LogP contribution < -0.4 is 5.32 Å². The molecule has 96 valence electrons. The van der Waals surface area contributed by atoms with E-state index < -0.39 is 0 Å². The van der Waals surface area contributed by atoms with Crippen molar-refractivity contribution in [2.24, 2.45) is 5.11 Å². The maximum atomic E-state index is 11.9. The first kappa shape index (κ1) is 14.5. The summed E-state index contributed by atoms with van der Waals surface area (Å²) >= 11 is 3.35. The van der Waals surface area contributed by atoms with Gasteiger partial charge in [0, 0.05) is 28.0 Å². The number of halogens is 1. The average molecular weight is 311 g/mol. The third kappa shape index (κ3) is 4.77. The van der Waals surface area contributed by atoms with Crippen LogP contribution in [0.2, 0.25) is 0 Å². The fourth-order valence-electron chi connectivity index (χ4n) is 1.49. The molecule has 0 bridgehead atoms. The first-order valence-electron chi connectivity index (χ1n) is 5.70. The zero-order valence-electron chi connectivity index (χ0n) is 10.2. The van der Waals surface area contributed by atoms with Crippen molar-refractivity contribution in [2.75, 3.05) is 13.1 Å². The van der Waals surface area contributed by atoms with E-state index in [1.807, 2.05) is 25.1 Å². The van der Waals surface area contributed by atoms with Crippen molar-refractivity contribution < 1.29 is 4.79 Å². The Morgan fingerprint density at radius 3 is 3.00 bits per heavy atom. The monoisotopic (exact) mass is 310 g/mol. The van der Waals surface area contributed by atoms with E-state index in [2.05, 4.69) is 31.3 Å². The van der Waals surface area contributed by atoms with Crippen LogP contribution in [0.1, 0.15) is 28.8 Å². The van der Waals surface area contributed by atoms with E-state index in [-0.39, 0.29) is 5.91 Å². The molecule has 0 spiro atoms. The summed E-state index contributed by atoms with van der Waals surface area (Å²) in [6.07, 6.45) is 1.58. The quantitative estimate of drug-likeness (QED) is 0.370. The minimum atomic E-state index is -0.0717. The van der Waals surface area contributed by atoms with E-state index in [1.54, 1.807) is 0 Å². The van der Waals surface area contributed by atoms with Gasteiger partial charge in [-0.2, -0.15) is 0 Å². The Morgan fingerprint density at radius 2 is 2.28 bits per heavy atom. The molecule has 18 heavy (non-hydrogen) atoms. The minimum absolute atomic E-state index is 0.0717. The van der Waals surface area contributed by atoms with Crippen LogP contribution >= 0.6 is 15.9 Å². The van der Waals surface area contributed by atoms with Gasteiger partial charge in [0.25, 0.3) is 5.91 Å². The van der Waals surface area contributed by atoms with E-state index in [4.69, 9.17) is 5.53 Å². The largest absolute Gasteiger partial charge is 0.352 e. The lowest BCUT2D eigenvalue weighted by molar-refractivity contribution is 0.0952. The Hall–Kier alpha value is -1.52. The van der Waals surface area contributed by atoms with Crippen molar-refractivity contribution in [3.8, 4) is 0 Å². The van der Waals surface area contributed by atoms with Gasteiger partial charge < -0.3 is 5.32 Å². The van der Waals surface area contributed by atoms with Gasteiger partial charge in [0.15, 0.2) is 0 Å². The third-order valence-corrected chi connectivity index (χ3v) is 2.97. The smallest absolute Gasteiger partial charge is 0.251 e. The maximum Gasteiger partial charge on any atom is 0.251 e. The zero-order valence-corrected chi connectivity index (χ0v) is 11.8. The molecule has 0 radical (unpaired) electrons. The molecular formula is C12H15BrN4O. The second kappa shape index (κ2) is 7.74. The molecular weight excluding hydrogens is 296 g/mol. The Bertz CT molecular complexity index is 469. The highest BCUT2D eigenvalue weighted by Gasteiger charge is 2.08. The van der Waals surface area contributed by atoms with Gasteiger partial charge in [0.2, 0.25) is 0 Å². The molecule has 1 amide bonds. The number of nitrogens with zero attached hydrogens (tertiary/aromatic N) is 3. The van der Waals surface area contributed by atoms with Gasteiger partial charge in [-0.05, 0) is 43.0 Å². The van der Waals surface area contributed by atoms with Gasteiger partial charge >= 0.3 is 0 Å². The molecule has 0 aliphatic heterocycles. The number of hydrogen-bond donors (Lipinski definition) is 1. The normalized spacial score (nSPS) is 9.67. The van der Waals surface area contributed by atoms with Crippen LogP contribution in [0.25, 0.3) is 10.4 Å². The summed E-state index contributed by atoms with van der Waals surface area (Å²) in [5, 5.41) is 6.28. The topological polar surface area (TPSA) is 77.9 Å². The third-order valence-electron chi connectivity index (χ3n) is 2.48. The first-order chi connectivity index (χ1) is 8.65. The number of hydrogen-bond acceptors (Lipinski definition) is 2. The number of unbranched alkanes of at least 4 members (excludes halogenated alkanes) is 1. The number of aryl methyl sites for hydroxylation is 1. The number of nitrogens with one attached hydrogen (secondary N) is 1. The molecule has 1 aromatic rings. The lowest BCUT2D eigenvalue weighted by atomic mass is 10.1. The van der Waals surface area contributed by atoms with Gasteiger partial charge in [0.05, 0.1) is 0 Å². The second-order valence-corrected chi connectivity index (χ2v) is 4.79. The first-order valence-corrected chi connectivity index (χ1v) is 6.49. The number of benzene rings is 1. The standard InChI is InChI=1S/C12H15BrN4O/c1-9-4-5-10(13)8-11(9)12(18)15-6-2-3-7-16-17-14/h4-5,8H,2-3,6-7H2,1H3,(H,15,18). The Morgan fingerprint density at radius 1 is 1.50 bits per heavy atom. The highest BCUT2D eigenvalue weighted by molar-refractivity contribution is 9.10. The summed E-state index contributed by atoms with van der Waals surface area (Å²) in [7, 11) is 0. The van der Waals surface area contributed by atoms with Gasteiger partial charge in [-0.3, -0.25) is 4.79 Å². The van der Waals surface area contributed by atoms with Crippen LogP contribution in [0.5, 0.6) is 0 Å². The van der Waals surface area contributed by atoms with E-state index in [0.29, 0.717) is 18.7 Å². The van der Waals surface area contributed by atoms with Crippen LogP contribution in [0.4, 0.5) is 0 Å². The lowest BCUT2D eigenvalue weighted by Crippen LogP contribution is -2.25. The molecule has 6 heteroatoms. The van der Waals surface area contributed by atoms with Crippen molar-refractivity contribution in [2.45, 2.75) is 19.8 Å². The van der Waals surface area contributed by atoms with Crippen LogP contribution in [0.3, 0.4) is 0 Å². The van der Waals surface area contributed by atoms with Crippen LogP contribution in [-0.4, -0.2) is 19.0 Å². The number of azide groups is 1. The molecule has 1 rings (SSSR count). The van der Waals surface area contributed by atoms with Crippen molar-refractivity contribution >= 4 is 21.8 Å². The fourth-order valence-corrected chi connectivity index (χ4v) is 1.85. The summed E-state index contributed by atoms with van der Waals surface area (Å²) in [5.74, 6) is -0.0717. The van der Waals surface area contributed by atoms with Crippen LogP contribution in [0, 0.1) is 6.92 Å². The van der Waals surface area contributed by atoms with E-state index in [0.717, 1.165) is 22.9 Å². The summed E-state index contributed by atoms with van der Waals surface area (Å²) in [4.78, 5) is 14.6. The Balaban J connectivity index is 2.41. The highest BCUT2D eigenvalue weighted by atomic mass is 79.9. The number of carbonyl (C=O) groups is 1. The predicted molar refractivity (Wildman–Crippen MR) is 74.5 cm³/mol. The number of rotatable bonds is 6. The van der Waals surface area contributed by atoms with E-state index >= 15 is 0 Å². The Labute approximate surface area is 114 Å². The van der Waals surface area contributed by atoms with Gasteiger partial charge in [-0.1, -0.05) is 27.1 Å². The highest BCUT2D eigenvalue weighted by Crippen LogP contribution is 2.15. The molecule has 5 nitrogen and oxygen atoms in total. The molecule has 0 saturated carbocycles. The van der Waals surface area contributed by atoms with E-state index in [1.165, 1.54) is 0 Å². The second-order valence-electron chi connectivity index (χ2n) is 3.88. The minimum Gasteiger partial charge on any atom is -0.352 e. The molecule has 0 aliphatic rings. The molecule has 0 aliphatic carbocycles. The SMILES string of the molecule is Cc1ccc(Br)cc1C(=O)NCCCCN=[N+]=[N-]. The predicted octanol–water partition coefficient (Wildman–Crippen LogP) is 3.58. The lowest BCUT2D eigenvalue weighted by Gasteiger charge is -2.07. The molecule has 0 heterocycles. The summed E-state index contributed by atoms with van der Waals surface area (Å²) in [6.45, 7) is 2.97. The molecule has 0 fully saturated rings. The average Bonchev–Trinajstić information content (AvgIpc) is 2.36. The Kier molecular flexibility index (Phi) is 6.25. The van der Waals surface area contributed by atoms with Crippen LogP contribution in [-0.2, 0) is 0 Å². The van der Waals surface area contributed by atoms with Crippen molar-refractivity contribution in [1.82, 2.24) is 5.32 Å². The fraction of sp³-hybridized carbons (Fsp3) is 0.417. The molecule has 1 aromatic carbocycles. The molecule has 0 atom stereocenters. The maximum absolute atomic E-state index is 11.9. The van der Waals surface area contributed by atoms with Crippen LogP contribution in [0.15, 0.2) is 27.8 Å². The van der Waals surface area contributed by atoms with Gasteiger partial charge in [-0.25, -0.2) is 0 Å². The van der Waals surface area contributed by atoms with Crippen molar-refractivity contribution in [1.29, 1.82) is 0 Å². The molecule has 0 aromatic heterocycles. The summed E-state index contributed by atoms with van der Waals surface area (Å²) in [5.41, 5.74) is 9.73. The van der Waals surface area contributed by atoms with Crippen molar-refractivity contribution in [3.63, 3.8) is 0 Å². The van der Waals surface area contributed by atoms with Gasteiger partial charge in [-0.15, -0.1) is 0 Å². The number of carbonyl (C=O) groups excluding carboxylic acids is 1. The summed E-state index contributed by atoms with van der Waals surface area (Å²) in [6, 6.07) is 5.62. The molecule has 1 N–H and O–H groups in total.